The largest absolute Gasteiger partial charge is 1.00 e. The van der Waals surface area contributed by atoms with E-state index >= 15 is 0 Å². The van der Waals surface area contributed by atoms with Crippen LogP contribution in [-0.2, 0) is 36.6 Å². The van der Waals surface area contributed by atoms with E-state index in [1.165, 1.54) is 0 Å². The highest BCUT2D eigenvalue weighted by Crippen LogP contribution is 2.28. The zero-order chi connectivity index (χ0) is 53.3. The molecule has 412 valence electrons. The number of rotatable bonds is 27. The van der Waals surface area contributed by atoms with Crippen molar-refractivity contribution in [1.29, 1.82) is 0 Å². The lowest BCUT2D eigenvalue weighted by Gasteiger charge is -2.38. The van der Waals surface area contributed by atoms with Crippen LogP contribution in [0.25, 0.3) is 0 Å². The molecule has 0 aliphatic carbocycles. The second kappa shape index (κ2) is 29.0. The molecular weight excluding hydrogens is 996 g/mol. The van der Waals surface area contributed by atoms with Crippen LogP contribution >= 0.6 is 0 Å². The predicted octanol–water partition coefficient (Wildman–Crippen LogP) is -0.0783. The first-order valence-corrected chi connectivity index (χ1v) is 25.9. The van der Waals surface area contributed by atoms with E-state index in [-0.39, 0.29) is 54.3 Å². The van der Waals surface area contributed by atoms with Gasteiger partial charge in [0.1, 0.15) is 30.2 Å². The number of nitrogens with zero attached hydrogens (tertiary/aromatic N) is 13. The smallest absolute Gasteiger partial charge is 0.247 e. The van der Waals surface area contributed by atoms with Gasteiger partial charge in [-0.3, -0.25) is 9.59 Å². The number of carbonyl (C=O) groups is 2. The fraction of sp³-hybridized carbons (Fsp3) is 0.558. The van der Waals surface area contributed by atoms with Crippen molar-refractivity contribution in [3.8, 4) is 23.8 Å². The quantitative estimate of drug-likeness (QED) is 0.0340. The molecule has 0 radical (unpaired) electrons. The molecule has 2 fully saturated rings. The highest BCUT2D eigenvalue weighted by molar-refractivity contribution is 5.81. The number of benzene rings is 2. The molecule has 76 heavy (non-hydrogen) atoms. The van der Waals surface area contributed by atoms with E-state index in [2.05, 4.69) is 57.5 Å². The molecule has 2 saturated heterocycles. The highest BCUT2D eigenvalue weighted by atomic mass is 35.5. The number of phenolic OH excluding ortho intramolecular Hbond substituents is 2. The van der Waals surface area contributed by atoms with Gasteiger partial charge in [0.15, 0.2) is 0 Å². The molecule has 7 rings (SSSR count). The lowest BCUT2D eigenvalue weighted by atomic mass is 9.97. The summed E-state index contributed by atoms with van der Waals surface area (Å²) in [4.78, 5) is 51.5. The van der Waals surface area contributed by atoms with Crippen molar-refractivity contribution in [2.45, 2.75) is 77.5 Å². The third-order valence-corrected chi connectivity index (χ3v) is 13.4. The Kier molecular flexibility index (Phi) is 22.4. The number of aromatic nitrogens is 9. The molecule has 0 spiro atoms. The molecule has 5 heterocycles. The number of terminal acetylenes is 1. The number of ether oxygens (including phenoxy) is 3. The Morgan fingerprint density at radius 2 is 1.18 bits per heavy atom. The summed E-state index contributed by atoms with van der Waals surface area (Å²) in [6.07, 6.45) is 11.1. The maximum absolute atomic E-state index is 14.5. The SMILES string of the molecule is C#CCOCCOCCOCCNc1nc(N2CCN(C(=O)C(Cc3ccc(O)cc3)n3cc(C(N)CC(C)C)nn3)CC2)nc(N2CCN(C(=O)C(C(C)CC)n3cc(C(N)Cc4ccc(O)cc4)nn3)CC2)n1.[Cl-]. The molecule has 2 aromatic carbocycles. The number of anilines is 3. The van der Waals surface area contributed by atoms with Crippen molar-refractivity contribution in [2.75, 3.05) is 114 Å². The number of piperazine rings is 2. The van der Waals surface area contributed by atoms with Gasteiger partial charge in [0.25, 0.3) is 0 Å². The molecule has 7 N–H and O–H groups in total. The van der Waals surface area contributed by atoms with Gasteiger partial charge in [0.2, 0.25) is 29.7 Å². The normalized spacial score (nSPS) is 15.9. The van der Waals surface area contributed by atoms with Gasteiger partial charge in [-0.1, -0.05) is 74.7 Å². The number of halogens is 1. The Bertz CT molecular complexity index is 2600. The Morgan fingerprint density at radius 3 is 1.74 bits per heavy atom. The number of hydrogen-bond donors (Lipinski definition) is 5. The van der Waals surface area contributed by atoms with Gasteiger partial charge in [-0.05, 0) is 60.1 Å². The van der Waals surface area contributed by atoms with E-state index in [1.54, 1.807) is 58.2 Å². The van der Waals surface area contributed by atoms with E-state index < -0.39 is 18.1 Å². The summed E-state index contributed by atoms with van der Waals surface area (Å²) in [5, 5.41) is 40.6. The zero-order valence-corrected chi connectivity index (χ0v) is 44.8. The lowest BCUT2D eigenvalue weighted by molar-refractivity contribution is -0.137. The Hall–Kier alpha value is -6.68. The first-order chi connectivity index (χ1) is 36.3. The molecule has 5 unspecified atom stereocenters. The van der Waals surface area contributed by atoms with Gasteiger partial charge in [-0.25, -0.2) is 9.36 Å². The predicted molar refractivity (Wildman–Crippen MR) is 282 cm³/mol. The molecule has 0 bridgehead atoms. The summed E-state index contributed by atoms with van der Waals surface area (Å²) in [7, 11) is 0. The molecule has 5 aromatic rings. The highest BCUT2D eigenvalue weighted by Gasteiger charge is 2.35. The van der Waals surface area contributed by atoms with E-state index in [0.717, 1.165) is 24.0 Å². The van der Waals surface area contributed by atoms with Crippen molar-refractivity contribution in [1.82, 2.24) is 54.7 Å². The van der Waals surface area contributed by atoms with Gasteiger partial charge in [-0.15, -0.1) is 16.6 Å². The average Bonchev–Trinajstić information content (AvgIpc) is 4.13. The Labute approximate surface area is 451 Å². The van der Waals surface area contributed by atoms with Gasteiger partial charge in [0.05, 0.1) is 68.9 Å². The van der Waals surface area contributed by atoms with E-state index in [4.69, 9.17) is 47.1 Å². The number of carbonyl (C=O) groups excluding carboxylic acids is 2. The lowest BCUT2D eigenvalue weighted by Crippen LogP contribution is -3.00. The first-order valence-electron chi connectivity index (χ1n) is 25.9. The van der Waals surface area contributed by atoms with Crippen LogP contribution < -0.4 is 39.0 Å². The fourth-order valence-electron chi connectivity index (χ4n) is 8.99. The number of phenols is 2. The fourth-order valence-corrected chi connectivity index (χ4v) is 8.99. The Morgan fingerprint density at radius 1 is 0.684 bits per heavy atom. The molecule has 5 atom stereocenters. The van der Waals surface area contributed by atoms with Crippen LogP contribution in [0, 0.1) is 24.2 Å². The minimum absolute atomic E-state index is 0. The van der Waals surface area contributed by atoms with Crippen LogP contribution in [0.3, 0.4) is 0 Å². The standard InChI is InChI=1S/C52H74N16O7.ClH/c1-6-25-73-27-29-75-30-28-74-26-16-55-50-56-51(65-21-17-63(18-22-65)48(71)46(33-39-10-14-41(70)15-11-39)67-34-44(59-61-67)42(53)31-36(3)4)58-52(57-50)66-23-19-64(20-24-66)49(72)47(37(5)7-2)68-35-45(60-62-68)43(54)32-38-8-12-40(69)13-9-38;/h1,8-15,34-37,42-43,46-47,69-70H,7,16-33,53-54H2,2-5H3,(H,55,56,57,58);1H/p-1. The molecule has 2 aliphatic heterocycles. The molecular formula is C52H74ClN16O7-. The number of aromatic hydroxyl groups is 2. The average molecular weight is 1070 g/mol. The molecule has 2 aliphatic rings. The van der Waals surface area contributed by atoms with Crippen molar-refractivity contribution in [3.63, 3.8) is 0 Å². The van der Waals surface area contributed by atoms with Crippen molar-refractivity contribution < 1.29 is 46.4 Å². The summed E-state index contributed by atoms with van der Waals surface area (Å²) < 4.78 is 19.9. The summed E-state index contributed by atoms with van der Waals surface area (Å²) >= 11 is 0. The van der Waals surface area contributed by atoms with Gasteiger partial charge >= 0.3 is 0 Å². The van der Waals surface area contributed by atoms with E-state index in [1.807, 2.05) is 33.8 Å². The second-order valence-electron chi connectivity index (χ2n) is 19.5. The van der Waals surface area contributed by atoms with Gasteiger partial charge in [-0.2, -0.15) is 15.0 Å². The zero-order valence-electron chi connectivity index (χ0n) is 44.0. The number of amides is 2. The van der Waals surface area contributed by atoms with Crippen LogP contribution in [0.4, 0.5) is 17.8 Å². The maximum atomic E-state index is 14.5. The maximum Gasteiger partial charge on any atom is 0.247 e. The van der Waals surface area contributed by atoms with Crippen molar-refractivity contribution in [2.24, 2.45) is 23.3 Å². The van der Waals surface area contributed by atoms with Crippen molar-refractivity contribution >= 4 is 29.7 Å². The van der Waals surface area contributed by atoms with E-state index in [9.17, 15) is 19.8 Å². The number of hydrogen-bond acceptors (Lipinski definition) is 19. The molecule has 24 heteroatoms. The molecule has 3 aromatic heterocycles. The third-order valence-electron chi connectivity index (χ3n) is 13.4. The van der Waals surface area contributed by atoms with Crippen LogP contribution in [0.1, 0.15) is 87.2 Å². The van der Waals surface area contributed by atoms with E-state index in [0.29, 0.717) is 140 Å². The van der Waals surface area contributed by atoms with Crippen LogP contribution in [-0.4, -0.2) is 175 Å². The van der Waals surface area contributed by atoms with Crippen LogP contribution in [0.2, 0.25) is 0 Å². The minimum Gasteiger partial charge on any atom is -1.00 e. The first kappa shape index (κ1) is 58.6. The molecule has 0 saturated carbocycles. The summed E-state index contributed by atoms with van der Waals surface area (Å²) in [6, 6.07) is 11.7. The number of nitrogens with one attached hydrogen (secondary N) is 1. The van der Waals surface area contributed by atoms with Crippen molar-refractivity contribution in [3.05, 3.63) is 83.4 Å². The summed E-state index contributed by atoms with van der Waals surface area (Å²) in [5.74, 6) is 4.19. The topological polar surface area (TPSA) is 279 Å². The number of nitrogens with two attached hydrogens (primary N) is 2. The minimum atomic E-state index is -0.699. The van der Waals surface area contributed by atoms with Gasteiger partial charge < -0.3 is 73.2 Å². The molecule has 2 amide bonds. The monoisotopic (exact) mass is 1070 g/mol. The summed E-state index contributed by atoms with van der Waals surface area (Å²) in [5.41, 5.74) is 16.1. The van der Waals surface area contributed by atoms with Crippen LogP contribution in [0.15, 0.2) is 60.9 Å². The van der Waals surface area contributed by atoms with Gasteiger partial charge in [0, 0.05) is 65.3 Å². The van der Waals surface area contributed by atoms with Crippen LogP contribution in [0.5, 0.6) is 11.5 Å². The summed E-state index contributed by atoms with van der Waals surface area (Å²) in [6.45, 7) is 14.4. The Balaban J connectivity index is 0.00000937. The third kappa shape index (κ3) is 16.4. The molecule has 23 nitrogen and oxygen atoms in total. The second-order valence-corrected chi connectivity index (χ2v) is 19.5.